The van der Waals surface area contributed by atoms with Crippen LogP contribution in [-0.2, 0) is 9.47 Å². The van der Waals surface area contributed by atoms with Crippen molar-refractivity contribution >= 4 is 0 Å². The molecule has 0 saturated heterocycles. The van der Waals surface area contributed by atoms with Crippen molar-refractivity contribution in [1.82, 2.24) is 10.6 Å². The summed E-state index contributed by atoms with van der Waals surface area (Å²) in [6.07, 6.45) is 1.08. The second-order valence-electron chi connectivity index (χ2n) is 2.84. The lowest BCUT2D eigenvalue weighted by Crippen LogP contribution is -2.30. The van der Waals surface area contributed by atoms with Crippen LogP contribution in [0.25, 0.3) is 0 Å². The third kappa shape index (κ3) is 11.8. The summed E-state index contributed by atoms with van der Waals surface area (Å²) in [6.45, 7) is 5.58. The van der Waals surface area contributed by atoms with E-state index in [0.29, 0.717) is 0 Å². The molecule has 0 aliphatic carbocycles. The molecule has 80 valence electrons. The van der Waals surface area contributed by atoms with Gasteiger partial charge in [-0.1, -0.05) is 0 Å². The lowest BCUT2D eigenvalue weighted by Gasteiger charge is -2.05. The van der Waals surface area contributed by atoms with Gasteiger partial charge in [0.1, 0.15) is 0 Å². The number of nitrogens with one attached hydrogen (secondary N) is 2. The molecule has 0 spiro atoms. The smallest absolute Gasteiger partial charge is 0.0587 e. The third-order valence-electron chi connectivity index (χ3n) is 1.66. The highest BCUT2D eigenvalue weighted by Crippen LogP contribution is 1.75. The minimum atomic E-state index is 0.781. The molecule has 0 aliphatic rings. The van der Waals surface area contributed by atoms with Crippen molar-refractivity contribution in [2.45, 2.75) is 6.42 Å². The second-order valence-corrected chi connectivity index (χ2v) is 2.84. The van der Waals surface area contributed by atoms with Gasteiger partial charge in [0.15, 0.2) is 0 Å². The lowest BCUT2D eigenvalue weighted by molar-refractivity contribution is 0.193. The molecule has 0 atom stereocenters. The van der Waals surface area contributed by atoms with Crippen molar-refractivity contribution in [1.29, 1.82) is 0 Å². The van der Waals surface area contributed by atoms with Gasteiger partial charge in [-0.05, 0) is 13.0 Å². The van der Waals surface area contributed by atoms with Gasteiger partial charge >= 0.3 is 0 Å². The largest absolute Gasteiger partial charge is 0.385 e. The van der Waals surface area contributed by atoms with Crippen molar-refractivity contribution < 1.29 is 9.47 Å². The van der Waals surface area contributed by atoms with Crippen molar-refractivity contribution in [3.05, 3.63) is 0 Å². The van der Waals surface area contributed by atoms with E-state index < -0.39 is 0 Å². The average molecular weight is 190 g/mol. The number of hydrogen-bond acceptors (Lipinski definition) is 4. The molecule has 0 amide bonds. The first-order valence-electron chi connectivity index (χ1n) is 4.81. The Morgan fingerprint density at radius 3 is 2.00 bits per heavy atom. The van der Waals surface area contributed by atoms with Crippen LogP contribution in [-0.4, -0.2) is 53.6 Å². The van der Waals surface area contributed by atoms with Gasteiger partial charge in [-0.25, -0.2) is 0 Å². The molecule has 0 radical (unpaired) electrons. The van der Waals surface area contributed by atoms with E-state index in [1.54, 1.807) is 14.2 Å². The van der Waals surface area contributed by atoms with Gasteiger partial charge in [0.05, 0.1) is 6.61 Å². The molecule has 0 fully saturated rings. The highest BCUT2D eigenvalue weighted by atomic mass is 16.5. The summed E-state index contributed by atoms with van der Waals surface area (Å²) in [5.74, 6) is 0. The molecule has 0 saturated carbocycles. The fourth-order valence-corrected chi connectivity index (χ4v) is 0.943. The topological polar surface area (TPSA) is 42.5 Å². The van der Waals surface area contributed by atoms with E-state index in [2.05, 4.69) is 10.6 Å². The quantitative estimate of drug-likeness (QED) is 0.470. The number of rotatable bonds is 10. The molecule has 13 heavy (non-hydrogen) atoms. The fourth-order valence-electron chi connectivity index (χ4n) is 0.943. The summed E-state index contributed by atoms with van der Waals surface area (Å²) in [6, 6.07) is 0. The molecular weight excluding hydrogens is 168 g/mol. The molecule has 0 aromatic rings. The van der Waals surface area contributed by atoms with Crippen LogP contribution >= 0.6 is 0 Å². The van der Waals surface area contributed by atoms with E-state index in [4.69, 9.17) is 9.47 Å². The van der Waals surface area contributed by atoms with E-state index in [-0.39, 0.29) is 0 Å². The molecule has 0 aliphatic heterocycles. The van der Waals surface area contributed by atoms with Crippen LogP contribution in [0.1, 0.15) is 6.42 Å². The van der Waals surface area contributed by atoms with Crippen LogP contribution in [0.5, 0.6) is 0 Å². The SMILES string of the molecule is COCCCNCCNCCOC. The van der Waals surface area contributed by atoms with Crippen LogP contribution < -0.4 is 10.6 Å². The second kappa shape index (κ2) is 11.8. The van der Waals surface area contributed by atoms with E-state index in [1.165, 1.54) is 0 Å². The maximum absolute atomic E-state index is 4.93. The Labute approximate surface area is 81.0 Å². The normalized spacial score (nSPS) is 10.6. The highest BCUT2D eigenvalue weighted by molar-refractivity contribution is 4.51. The molecule has 0 bridgehead atoms. The summed E-state index contributed by atoms with van der Waals surface area (Å²) in [7, 11) is 3.44. The van der Waals surface area contributed by atoms with Gasteiger partial charge in [0.25, 0.3) is 0 Å². The number of ether oxygens (including phenoxy) is 2. The lowest BCUT2D eigenvalue weighted by atomic mass is 10.4. The minimum Gasteiger partial charge on any atom is -0.385 e. The molecule has 0 rings (SSSR count). The zero-order valence-electron chi connectivity index (χ0n) is 8.77. The molecular formula is C9H22N2O2. The molecule has 4 nitrogen and oxygen atoms in total. The third-order valence-corrected chi connectivity index (χ3v) is 1.66. The molecule has 4 heteroatoms. The summed E-state index contributed by atoms with van der Waals surface area (Å²) in [5.41, 5.74) is 0. The van der Waals surface area contributed by atoms with Gasteiger partial charge in [0.2, 0.25) is 0 Å². The molecule has 2 N–H and O–H groups in total. The number of hydrogen-bond donors (Lipinski definition) is 2. The highest BCUT2D eigenvalue weighted by Gasteiger charge is 1.88. The van der Waals surface area contributed by atoms with Gasteiger partial charge in [0, 0.05) is 40.5 Å². The van der Waals surface area contributed by atoms with E-state index in [0.717, 1.165) is 45.8 Å². The Kier molecular flexibility index (Phi) is 11.7. The maximum atomic E-state index is 4.93. The Morgan fingerprint density at radius 1 is 0.769 bits per heavy atom. The van der Waals surface area contributed by atoms with Gasteiger partial charge < -0.3 is 20.1 Å². The Balaban J connectivity index is 2.76. The summed E-state index contributed by atoms with van der Waals surface area (Å²) in [4.78, 5) is 0. The Hall–Kier alpha value is -0.160. The first-order valence-corrected chi connectivity index (χ1v) is 4.81. The number of methoxy groups -OCH3 is 2. The van der Waals surface area contributed by atoms with E-state index in [1.807, 2.05) is 0 Å². The Morgan fingerprint density at radius 2 is 1.38 bits per heavy atom. The van der Waals surface area contributed by atoms with Gasteiger partial charge in [-0.2, -0.15) is 0 Å². The van der Waals surface area contributed by atoms with Crippen molar-refractivity contribution in [2.24, 2.45) is 0 Å². The predicted octanol–water partition coefficient (Wildman–Crippen LogP) is -0.151. The minimum absolute atomic E-state index is 0.781. The summed E-state index contributed by atoms with van der Waals surface area (Å²) in [5, 5.41) is 6.57. The van der Waals surface area contributed by atoms with Crippen LogP contribution in [0, 0.1) is 0 Å². The fraction of sp³-hybridized carbons (Fsp3) is 1.00. The van der Waals surface area contributed by atoms with Gasteiger partial charge in [-0.15, -0.1) is 0 Å². The summed E-state index contributed by atoms with van der Waals surface area (Å²) < 4.78 is 9.83. The average Bonchev–Trinajstić information content (AvgIpc) is 2.16. The molecule has 0 unspecified atom stereocenters. The standard InChI is InChI=1S/C9H22N2O2/c1-12-8-3-4-10-5-6-11-7-9-13-2/h10-11H,3-9H2,1-2H3. The van der Waals surface area contributed by atoms with Crippen LogP contribution in [0.3, 0.4) is 0 Å². The van der Waals surface area contributed by atoms with Gasteiger partial charge in [-0.3, -0.25) is 0 Å². The predicted molar refractivity (Wildman–Crippen MR) is 54.1 cm³/mol. The van der Waals surface area contributed by atoms with E-state index >= 15 is 0 Å². The molecule has 0 heterocycles. The van der Waals surface area contributed by atoms with Crippen molar-refractivity contribution in [2.75, 3.05) is 53.6 Å². The van der Waals surface area contributed by atoms with Crippen molar-refractivity contribution in [3.8, 4) is 0 Å². The molecule has 0 aromatic heterocycles. The van der Waals surface area contributed by atoms with Crippen LogP contribution in [0.2, 0.25) is 0 Å². The van der Waals surface area contributed by atoms with Crippen molar-refractivity contribution in [3.63, 3.8) is 0 Å². The van der Waals surface area contributed by atoms with Crippen LogP contribution in [0.15, 0.2) is 0 Å². The first-order chi connectivity index (χ1) is 6.41. The van der Waals surface area contributed by atoms with E-state index in [9.17, 15) is 0 Å². The Bertz CT molecular complexity index is 81.7. The monoisotopic (exact) mass is 190 g/mol. The zero-order chi connectivity index (χ0) is 9.78. The summed E-state index contributed by atoms with van der Waals surface area (Å²) >= 11 is 0. The maximum Gasteiger partial charge on any atom is 0.0587 e. The van der Waals surface area contributed by atoms with Crippen LogP contribution in [0.4, 0.5) is 0 Å². The molecule has 0 aromatic carbocycles. The zero-order valence-corrected chi connectivity index (χ0v) is 8.77. The first kappa shape index (κ1) is 12.8.